The highest BCUT2D eigenvalue weighted by molar-refractivity contribution is 7.90. The summed E-state index contributed by atoms with van der Waals surface area (Å²) in [5.41, 5.74) is 1.71. The Morgan fingerprint density at radius 1 is 1.00 bits per heavy atom. The molecule has 2 N–H and O–H groups in total. The van der Waals surface area contributed by atoms with Crippen molar-refractivity contribution in [1.82, 2.24) is 14.7 Å². The van der Waals surface area contributed by atoms with Crippen molar-refractivity contribution in [3.8, 4) is 11.3 Å². The summed E-state index contributed by atoms with van der Waals surface area (Å²) >= 11 is 0. The van der Waals surface area contributed by atoms with Gasteiger partial charge in [0.05, 0.1) is 22.8 Å². The normalized spacial score (nSPS) is 20.2. The van der Waals surface area contributed by atoms with E-state index >= 15 is 0 Å². The number of aromatic nitrogens is 2. The van der Waals surface area contributed by atoms with Crippen LogP contribution in [0.4, 0.5) is 5.82 Å². The summed E-state index contributed by atoms with van der Waals surface area (Å²) in [6.07, 6.45) is 5.77. The first kappa shape index (κ1) is 21.4. The van der Waals surface area contributed by atoms with Gasteiger partial charge >= 0.3 is 0 Å². The fourth-order valence-corrected chi connectivity index (χ4v) is 4.28. The van der Waals surface area contributed by atoms with E-state index in [1.54, 1.807) is 33.2 Å². The Labute approximate surface area is 172 Å². The van der Waals surface area contributed by atoms with E-state index in [-0.39, 0.29) is 17.9 Å². The van der Waals surface area contributed by atoms with Crippen molar-refractivity contribution in [3.63, 3.8) is 0 Å². The second-order valence-corrected chi connectivity index (χ2v) is 10.9. The van der Waals surface area contributed by atoms with E-state index in [2.05, 4.69) is 20.0 Å². The van der Waals surface area contributed by atoms with Crippen LogP contribution in [0.15, 0.2) is 42.7 Å². The molecular formula is C21H28N4O3S. The molecule has 1 aromatic heterocycles. The van der Waals surface area contributed by atoms with Gasteiger partial charge in [-0.3, -0.25) is 9.78 Å². The number of nitrogens with zero attached hydrogens (tertiary/aromatic N) is 2. The van der Waals surface area contributed by atoms with Gasteiger partial charge in [-0.1, -0.05) is 30.3 Å². The van der Waals surface area contributed by atoms with Gasteiger partial charge < -0.3 is 5.32 Å². The van der Waals surface area contributed by atoms with Gasteiger partial charge in [0.15, 0.2) is 5.82 Å². The lowest BCUT2D eigenvalue weighted by atomic mass is 9.86. The molecule has 1 aliphatic carbocycles. The minimum absolute atomic E-state index is 0.0936. The molecule has 8 heteroatoms. The number of benzene rings is 1. The summed E-state index contributed by atoms with van der Waals surface area (Å²) in [5, 5.41) is 2.83. The summed E-state index contributed by atoms with van der Waals surface area (Å²) in [6.45, 7) is 5.04. The zero-order valence-electron chi connectivity index (χ0n) is 17.1. The molecule has 29 heavy (non-hydrogen) atoms. The van der Waals surface area contributed by atoms with Crippen LogP contribution in [0.1, 0.15) is 46.5 Å². The van der Waals surface area contributed by atoms with Gasteiger partial charge in [-0.2, -0.15) is 0 Å². The summed E-state index contributed by atoms with van der Waals surface area (Å²) in [4.78, 5) is 21.2. The number of sulfonamides is 1. The van der Waals surface area contributed by atoms with Gasteiger partial charge in [0.1, 0.15) is 0 Å². The van der Waals surface area contributed by atoms with Crippen molar-refractivity contribution < 1.29 is 13.2 Å². The molecular weight excluding hydrogens is 388 g/mol. The van der Waals surface area contributed by atoms with Crippen LogP contribution in [-0.2, 0) is 14.8 Å². The first-order valence-corrected chi connectivity index (χ1v) is 11.3. The molecule has 0 unspecified atom stereocenters. The number of carbonyl (C=O) groups is 1. The third-order valence-electron chi connectivity index (χ3n) is 5.20. The van der Waals surface area contributed by atoms with E-state index in [0.717, 1.165) is 11.3 Å². The molecule has 1 fully saturated rings. The largest absolute Gasteiger partial charge is 0.309 e. The van der Waals surface area contributed by atoms with Gasteiger partial charge in [-0.15, -0.1) is 0 Å². The lowest BCUT2D eigenvalue weighted by Crippen LogP contribution is -2.46. The number of carbonyl (C=O) groups excluding carboxylic acids is 1. The summed E-state index contributed by atoms with van der Waals surface area (Å²) in [6, 6.07) is 9.60. The molecule has 7 nitrogen and oxygen atoms in total. The minimum atomic E-state index is -3.38. The Hall–Kier alpha value is -2.32. The van der Waals surface area contributed by atoms with Gasteiger partial charge in [-0.25, -0.2) is 18.1 Å². The molecule has 0 aliphatic heterocycles. The molecule has 0 atom stereocenters. The fourth-order valence-electron chi connectivity index (χ4n) is 3.25. The quantitative estimate of drug-likeness (QED) is 0.778. The predicted octanol–water partition coefficient (Wildman–Crippen LogP) is 3.36. The van der Waals surface area contributed by atoms with Crippen molar-refractivity contribution in [2.75, 3.05) is 5.32 Å². The first-order chi connectivity index (χ1) is 13.7. The van der Waals surface area contributed by atoms with Crippen LogP contribution < -0.4 is 10.0 Å². The van der Waals surface area contributed by atoms with E-state index in [1.807, 2.05) is 30.3 Å². The van der Waals surface area contributed by atoms with Crippen LogP contribution in [0.5, 0.6) is 0 Å². The average Bonchev–Trinajstić information content (AvgIpc) is 2.68. The molecule has 0 radical (unpaired) electrons. The molecule has 156 valence electrons. The monoisotopic (exact) mass is 416 g/mol. The molecule has 0 saturated heterocycles. The van der Waals surface area contributed by atoms with E-state index in [9.17, 15) is 13.2 Å². The zero-order valence-corrected chi connectivity index (χ0v) is 17.9. The van der Waals surface area contributed by atoms with Crippen molar-refractivity contribution in [2.45, 2.75) is 57.2 Å². The lowest BCUT2D eigenvalue weighted by molar-refractivity contribution is -0.120. The zero-order chi connectivity index (χ0) is 21.1. The number of amides is 1. The summed E-state index contributed by atoms with van der Waals surface area (Å²) in [7, 11) is -3.38. The van der Waals surface area contributed by atoms with Crippen LogP contribution in [0.3, 0.4) is 0 Å². The van der Waals surface area contributed by atoms with Crippen molar-refractivity contribution in [3.05, 3.63) is 42.7 Å². The SMILES string of the molecule is CC(C)(C)S(=O)(=O)NC1CCC(C(=O)Nc2cnc(-c3ccccc3)cn2)CC1. The molecule has 1 amide bonds. The standard InChI is InChI=1S/C21H28N4O3S/c1-21(2,3)29(27,28)25-17-11-9-16(10-12-17)20(26)24-19-14-22-18(13-23-19)15-7-5-4-6-8-15/h4-8,13-14,16-17,25H,9-12H2,1-3H3,(H,23,24,26). The van der Waals surface area contributed by atoms with E-state index in [4.69, 9.17) is 0 Å². The minimum Gasteiger partial charge on any atom is -0.309 e. The maximum atomic E-state index is 12.6. The van der Waals surface area contributed by atoms with E-state index in [0.29, 0.717) is 31.5 Å². The molecule has 1 aromatic carbocycles. The molecule has 1 saturated carbocycles. The highest BCUT2D eigenvalue weighted by Gasteiger charge is 2.34. The Bertz CT molecular complexity index is 930. The highest BCUT2D eigenvalue weighted by atomic mass is 32.2. The van der Waals surface area contributed by atoms with Crippen LogP contribution in [-0.4, -0.2) is 35.1 Å². The maximum absolute atomic E-state index is 12.6. The second-order valence-electron chi connectivity index (χ2n) is 8.42. The lowest BCUT2D eigenvalue weighted by Gasteiger charge is -2.30. The van der Waals surface area contributed by atoms with Crippen LogP contribution in [0.25, 0.3) is 11.3 Å². The third-order valence-corrected chi connectivity index (χ3v) is 7.45. The number of hydrogen-bond acceptors (Lipinski definition) is 5. The number of hydrogen-bond donors (Lipinski definition) is 2. The number of rotatable bonds is 5. The Kier molecular flexibility index (Phi) is 6.33. The predicted molar refractivity (Wildman–Crippen MR) is 114 cm³/mol. The van der Waals surface area contributed by atoms with Crippen molar-refractivity contribution in [1.29, 1.82) is 0 Å². The smallest absolute Gasteiger partial charge is 0.228 e. The Balaban J connectivity index is 1.52. The average molecular weight is 417 g/mol. The summed E-state index contributed by atoms with van der Waals surface area (Å²) in [5.74, 6) is 0.176. The number of nitrogens with one attached hydrogen (secondary N) is 2. The number of anilines is 1. The van der Waals surface area contributed by atoms with Gasteiger partial charge in [0, 0.05) is 17.5 Å². The highest BCUT2D eigenvalue weighted by Crippen LogP contribution is 2.27. The van der Waals surface area contributed by atoms with Crippen molar-refractivity contribution in [2.24, 2.45) is 5.92 Å². The molecule has 0 spiro atoms. The van der Waals surface area contributed by atoms with Crippen LogP contribution in [0.2, 0.25) is 0 Å². The Morgan fingerprint density at radius 3 is 2.21 bits per heavy atom. The molecule has 1 heterocycles. The molecule has 2 aromatic rings. The van der Waals surface area contributed by atoms with Crippen LogP contribution in [0, 0.1) is 5.92 Å². The second kappa shape index (κ2) is 8.59. The first-order valence-electron chi connectivity index (χ1n) is 9.86. The fraction of sp³-hybridized carbons (Fsp3) is 0.476. The Morgan fingerprint density at radius 2 is 1.66 bits per heavy atom. The van der Waals surface area contributed by atoms with Gasteiger partial charge in [0.2, 0.25) is 15.9 Å². The molecule has 0 bridgehead atoms. The van der Waals surface area contributed by atoms with Crippen LogP contribution >= 0.6 is 0 Å². The van der Waals surface area contributed by atoms with E-state index < -0.39 is 14.8 Å². The van der Waals surface area contributed by atoms with Crippen molar-refractivity contribution >= 4 is 21.7 Å². The van der Waals surface area contributed by atoms with Gasteiger partial charge in [-0.05, 0) is 46.5 Å². The topological polar surface area (TPSA) is 101 Å². The maximum Gasteiger partial charge on any atom is 0.228 e. The van der Waals surface area contributed by atoms with Gasteiger partial charge in [0.25, 0.3) is 0 Å². The summed E-state index contributed by atoms with van der Waals surface area (Å²) < 4.78 is 26.5. The third kappa shape index (κ3) is 5.39. The van der Waals surface area contributed by atoms with E-state index in [1.165, 1.54) is 0 Å². The molecule has 1 aliphatic rings. The molecule has 3 rings (SSSR count).